The van der Waals surface area contributed by atoms with Gasteiger partial charge < -0.3 is 9.88 Å². The first-order valence-corrected chi connectivity index (χ1v) is 9.68. The predicted octanol–water partition coefficient (Wildman–Crippen LogP) is 5.05. The summed E-state index contributed by atoms with van der Waals surface area (Å²) in [5.74, 6) is -0.122. The molecule has 0 bridgehead atoms. The van der Waals surface area contributed by atoms with Crippen molar-refractivity contribution in [1.29, 1.82) is 0 Å². The smallest absolute Gasteiger partial charge is 0.267 e. The van der Waals surface area contributed by atoms with Crippen molar-refractivity contribution in [3.8, 4) is 10.6 Å². The van der Waals surface area contributed by atoms with Crippen molar-refractivity contribution >= 4 is 34.0 Å². The Balaban J connectivity index is 1.72. The summed E-state index contributed by atoms with van der Waals surface area (Å²) in [6, 6.07) is 11.7. The number of anilines is 1. The summed E-state index contributed by atoms with van der Waals surface area (Å²) in [6.45, 7) is 6.78. The number of carbonyl (C=O) groups is 1. The number of hydrogen-bond acceptors (Lipinski definition) is 4. The van der Waals surface area contributed by atoms with Gasteiger partial charge in [0.2, 0.25) is 0 Å². The molecule has 0 radical (unpaired) electrons. The molecule has 1 amide bonds. The van der Waals surface area contributed by atoms with Crippen molar-refractivity contribution in [2.45, 2.75) is 27.3 Å². The van der Waals surface area contributed by atoms with E-state index in [1.807, 2.05) is 50.2 Å². The molecule has 0 aliphatic rings. The first-order valence-electron chi connectivity index (χ1n) is 8.87. The summed E-state index contributed by atoms with van der Waals surface area (Å²) in [5.41, 5.74) is 4.55. The Hall–Kier alpha value is -2.99. The molecule has 4 rings (SSSR count). The van der Waals surface area contributed by atoms with E-state index in [0.717, 1.165) is 45.1 Å². The van der Waals surface area contributed by atoms with E-state index in [9.17, 15) is 4.79 Å². The predicted molar refractivity (Wildman–Crippen MR) is 110 cm³/mol. The number of thiazole rings is 1. The number of aromatic nitrogens is 3. The minimum atomic E-state index is -0.122. The van der Waals surface area contributed by atoms with E-state index in [0.29, 0.717) is 4.88 Å². The van der Waals surface area contributed by atoms with Gasteiger partial charge in [0.05, 0.1) is 5.69 Å². The number of carbonyl (C=O) groups excluding carboxylic acids is 1. The van der Waals surface area contributed by atoms with Gasteiger partial charge in [0, 0.05) is 35.6 Å². The highest BCUT2D eigenvalue weighted by atomic mass is 32.1. The first kappa shape index (κ1) is 17.4. The number of fused-ring (bicyclic) bond motifs is 1. The highest BCUT2D eigenvalue weighted by molar-refractivity contribution is 7.17. The second-order valence-electron chi connectivity index (χ2n) is 6.41. The second kappa shape index (κ2) is 6.96. The van der Waals surface area contributed by atoms with E-state index in [1.165, 1.54) is 11.3 Å². The molecule has 0 unspecified atom stereocenters. The van der Waals surface area contributed by atoms with Crippen LogP contribution >= 0.6 is 11.3 Å². The third-order valence-corrected chi connectivity index (χ3v) is 5.79. The van der Waals surface area contributed by atoms with Crippen molar-refractivity contribution in [2.75, 3.05) is 5.32 Å². The van der Waals surface area contributed by atoms with E-state index >= 15 is 0 Å². The van der Waals surface area contributed by atoms with Crippen molar-refractivity contribution in [3.05, 3.63) is 64.9 Å². The largest absolute Gasteiger partial charge is 0.332 e. The maximum Gasteiger partial charge on any atom is 0.267 e. The molecule has 1 N–H and O–H groups in total. The molecule has 27 heavy (non-hydrogen) atoms. The van der Waals surface area contributed by atoms with Crippen LogP contribution in [0.1, 0.15) is 27.9 Å². The van der Waals surface area contributed by atoms with Gasteiger partial charge in [-0.05, 0) is 44.5 Å². The van der Waals surface area contributed by atoms with Crippen LogP contribution in [0.4, 0.5) is 5.69 Å². The van der Waals surface area contributed by atoms with Gasteiger partial charge in [0.25, 0.3) is 5.91 Å². The molecule has 0 spiro atoms. The molecular formula is C21H20N4OS. The van der Waals surface area contributed by atoms with Crippen LogP contribution in [-0.2, 0) is 6.54 Å². The minimum absolute atomic E-state index is 0.122. The van der Waals surface area contributed by atoms with E-state index in [4.69, 9.17) is 0 Å². The van der Waals surface area contributed by atoms with Gasteiger partial charge in [-0.15, -0.1) is 11.3 Å². The van der Waals surface area contributed by atoms with Gasteiger partial charge in [-0.1, -0.05) is 18.2 Å². The molecular weight excluding hydrogens is 356 g/mol. The number of hydrogen-bond donors (Lipinski definition) is 1. The number of nitrogens with one attached hydrogen (secondary N) is 1. The lowest BCUT2D eigenvalue weighted by Gasteiger charge is -2.06. The average molecular weight is 376 g/mol. The monoisotopic (exact) mass is 376 g/mol. The van der Waals surface area contributed by atoms with Crippen LogP contribution in [-0.4, -0.2) is 20.4 Å². The molecule has 0 atom stereocenters. The molecule has 4 aromatic rings. The molecule has 0 fully saturated rings. The van der Waals surface area contributed by atoms with Gasteiger partial charge in [-0.25, -0.2) is 9.97 Å². The van der Waals surface area contributed by atoms with E-state index in [-0.39, 0.29) is 5.91 Å². The third kappa shape index (κ3) is 3.13. The quantitative estimate of drug-likeness (QED) is 0.542. The molecule has 0 aliphatic carbocycles. The van der Waals surface area contributed by atoms with E-state index < -0.39 is 0 Å². The zero-order valence-corrected chi connectivity index (χ0v) is 16.3. The molecule has 5 nitrogen and oxygen atoms in total. The number of rotatable bonds is 4. The zero-order chi connectivity index (χ0) is 19.0. The van der Waals surface area contributed by atoms with Gasteiger partial charge >= 0.3 is 0 Å². The van der Waals surface area contributed by atoms with Gasteiger partial charge in [-0.3, -0.25) is 4.79 Å². The van der Waals surface area contributed by atoms with Crippen LogP contribution in [0.3, 0.4) is 0 Å². The zero-order valence-electron chi connectivity index (χ0n) is 15.5. The molecule has 0 aliphatic heterocycles. The maximum atomic E-state index is 12.8. The van der Waals surface area contributed by atoms with Gasteiger partial charge in [0.1, 0.15) is 15.5 Å². The van der Waals surface area contributed by atoms with Crippen molar-refractivity contribution in [2.24, 2.45) is 0 Å². The van der Waals surface area contributed by atoms with Crippen LogP contribution in [0.2, 0.25) is 0 Å². The SMILES string of the molecule is CCn1cc(-c2nc(C)c(C(=O)Nc3ccccc3C)s2)c2cccnc21. The number of amides is 1. The van der Waals surface area contributed by atoms with E-state index in [1.54, 1.807) is 6.20 Å². The lowest BCUT2D eigenvalue weighted by Crippen LogP contribution is -2.12. The summed E-state index contributed by atoms with van der Waals surface area (Å²) in [4.78, 5) is 22.6. The highest BCUT2D eigenvalue weighted by Gasteiger charge is 2.19. The molecule has 136 valence electrons. The first-order chi connectivity index (χ1) is 13.1. The molecule has 6 heteroatoms. The molecule has 3 heterocycles. The van der Waals surface area contributed by atoms with Crippen molar-refractivity contribution in [1.82, 2.24) is 14.5 Å². The Morgan fingerprint density at radius 1 is 1.19 bits per heavy atom. The normalized spacial score (nSPS) is 11.1. The highest BCUT2D eigenvalue weighted by Crippen LogP contribution is 2.34. The van der Waals surface area contributed by atoms with E-state index in [2.05, 4.69) is 33.0 Å². The van der Waals surface area contributed by atoms with Crippen LogP contribution in [0.25, 0.3) is 21.6 Å². The fraction of sp³-hybridized carbons (Fsp3) is 0.190. The summed E-state index contributed by atoms with van der Waals surface area (Å²) in [6.07, 6.45) is 3.87. The Kier molecular flexibility index (Phi) is 4.49. The van der Waals surface area contributed by atoms with Crippen LogP contribution < -0.4 is 5.32 Å². The van der Waals surface area contributed by atoms with Crippen molar-refractivity contribution < 1.29 is 4.79 Å². The third-order valence-electron chi connectivity index (χ3n) is 4.60. The lowest BCUT2D eigenvalue weighted by molar-refractivity contribution is 0.102. The molecule has 3 aromatic heterocycles. The molecule has 0 saturated carbocycles. The summed E-state index contributed by atoms with van der Waals surface area (Å²) >= 11 is 1.42. The maximum absolute atomic E-state index is 12.8. The summed E-state index contributed by atoms with van der Waals surface area (Å²) in [5, 5.41) is 4.89. The number of pyridine rings is 1. The fourth-order valence-corrected chi connectivity index (χ4v) is 4.13. The molecule has 1 aromatic carbocycles. The Morgan fingerprint density at radius 3 is 2.78 bits per heavy atom. The second-order valence-corrected chi connectivity index (χ2v) is 7.41. The Labute approximate surface area is 161 Å². The van der Waals surface area contributed by atoms with Crippen LogP contribution in [0, 0.1) is 13.8 Å². The minimum Gasteiger partial charge on any atom is -0.332 e. The number of nitrogens with zero attached hydrogens (tertiary/aromatic N) is 3. The Morgan fingerprint density at radius 2 is 2.00 bits per heavy atom. The number of aryl methyl sites for hydroxylation is 3. The standard InChI is InChI=1S/C21H20N4OS/c1-4-25-12-16(15-9-7-11-22-19(15)25)21-23-14(3)18(27-21)20(26)24-17-10-6-5-8-13(17)2/h5-12H,4H2,1-3H3,(H,24,26). The van der Waals surface area contributed by atoms with Crippen LogP contribution in [0.15, 0.2) is 48.8 Å². The summed E-state index contributed by atoms with van der Waals surface area (Å²) < 4.78 is 2.11. The van der Waals surface area contributed by atoms with Crippen molar-refractivity contribution in [3.63, 3.8) is 0 Å². The van der Waals surface area contributed by atoms with Gasteiger partial charge in [-0.2, -0.15) is 0 Å². The Bertz CT molecular complexity index is 1140. The number of para-hydroxylation sites is 1. The van der Waals surface area contributed by atoms with Crippen LogP contribution in [0.5, 0.6) is 0 Å². The lowest BCUT2D eigenvalue weighted by atomic mass is 10.2. The fourth-order valence-electron chi connectivity index (χ4n) is 3.15. The molecule has 0 saturated heterocycles. The summed E-state index contributed by atoms with van der Waals surface area (Å²) in [7, 11) is 0. The topological polar surface area (TPSA) is 59.8 Å². The average Bonchev–Trinajstić information content (AvgIpc) is 3.24. The van der Waals surface area contributed by atoms with Gasteiger partial charge in [0.15, 0.2) is 0 Å². The number of benzene rings is 1.